The van der Waals surface area contributed by atoms with Crippen molar-refractivity contribution in [1.82, 2.24) is 10.3 Å². The fraction of sp³-hybridized carbons (Fsp3) is 0.500. The van der Waals surface area contributed by atoms with Crippen LogP contribution in [0.15, 0.2) is 24.3 Å². The van der Waals surface area contributed by atoms with Crippen LogP contribution < -0.4 is 10.1 Å². The number of nitrogens with zero attached hydrogens (tertiary/aromatic N) is 1. The van der Waals surface area contributed by atoms with Gasteiger partial charge in [-0.25, -0.2) is 9.78 Å². The molecule has 1 aromatic heterocycles. The molecular weight excluding hydrogens is 300 g/mol. The molecule has 0 spiro atoms. The molecule has 1 fully saturated rings. The highest BCUT2D eigenvalue weighted by Gasteiger charge is 2.35. The Labute approximate surface area is 133 Å². The molecule has 0 aliphatic heterocycles. The van der Waals surface area contributed by atoms with E-state index in [1.165, 1.54) is 0 Å². The van der Waals surface area contributed by atoms with Gasteiger partial charge in [0.1, 0.15) is 12.2 Å². The number of alkyl carbamates (subject to hydrolysis) is 1. The van der Waals surface area contributed by atoms with Crippen molar-refractivity contribution in [3.63, 3.8) is 0 Å². The lowest BCUT2D eigenvalue weighted by atomic mass is 9.92. The number of ether oxygens (including phenoxy) is 2. The SMILES string of the molecule is CC(C)(C)NC(=O)OC1CC(Oc2nc3ccccc3s2)C1. The molecule has 0 unspecified atom stereocenters. The van der Waals surface area contributed by atoms with E-state index in [0.717, 1.165) is 10.2 Å². The van der Waals surface area contributed by atoms with Crippen LogP contribution in [0.25, 0.3) is 10.2 Å². The fourth-order valence-corrected chi connectivity index (χ4v) is 3.12. The minimum Gasteiger partial charge on any atom is -0.466 e. The van der Waals surface area contributed by atoms with E-state index in [1.807, 2.05) is 45.0 Å². The third kappa shape index (κ3) is 3.68. The first-order chi connectivity index (χ1) is 10.4. The summed E-state index contributed by atoms with van der Waals surface area (Å²) in [5.74, 6) is 0. The molecule has 1 amide bonds. The van der Waals surface area contributed by atoms with Gasteiger partial charge in [-0.05, 0) is 32.9 Å². The monoisotopic (exact) mass is 320 g/mol. The summed E-state index contributed by atoms with van der Waals surface area (Å²) in [6, 6.07) is 7.96. The van der Waals surface area contributed by atoms with Crippen LogP contribution in [0, 0.1) is 0 Å². The Morgan fingerprint density at radius 3 is 2.68 bits per heavy atom. The van der Waals surface area contributed by atoms with Gasteiger partial charge in [-0.2, -0.15) is 0 Å². The van der Waals surface area contributed by atoms with E-state index in [2.05, 4.69) is 10.3 Å². The summed E-state index contributed by atoms with van der Waals surface area (Å²) in [5.41, 5.74) is 0.678. The Morgan fingerprint density at radius 2 is 2.00 bits per heavy atom. The van der Waals surface area contributed by atoms with E-state index >= 15 is 0 Å². The lowest BCUT2D eigenvalue weighted by Gasteiger charge is -2.34. The van der Waals surface area contributed by atoms with Crippen molar-refractivity contribution in [3.05, 3.63) is 24.3 Å². The first-order valence-electron chi connectivity index (χ1n) is 7.40. The number of hydrogen-bond donors (Lipinski definition) is 1. The quantitative estimate of drug-likeness (QED) is 0.936. The zero-order valence-electron chi connectivity index (χ0n) is 13.0. The summed E-state index contributed by atoms with van der Waals surface area (Å²) in [4.78, 5) is 16.1. The van der Waals surface area contributed by atoms with Crippen LogP contribution in [-0.2, 0) is 4.74 Å². The molecule has 0 saturated heterocycles. The zero-order chi connectivity index (χ0) is 15.7. The van der Waals surface area contributed by atoms with Crippen LogP contribution >= 0.6 is 11.3 Å². The maximum atomic E-state index is 11.7. The molecule has 0 radical (unpaired) electrons. The van der Waals surface area contributed by atoms with Crippen molar-refractivity contribution in [1.29, 1.82) is 0 Å². The largest absolute Gasteiger partial charge is 0.466 e. The summed E-state index contributed by atoms with van der Waals surface area (Å²) in [7, 11) is 0. The lowest BCUT2D eigenvalue weighted by molar-refractivity contribution is -0.0243. The van der Waals surface area contributed by atoms with Gasteiger partial charge >= 0.3 is 6.09 Å². The Hall–Kier alpha value is -1.82. The van der Waals surface area contributed by atoms with Gasteiger partial charge in [0, 0.05) is 18.4 Å². The second-order valence-electron chi connectivity index (χ2n) is 6.56. The summed E-state index contributed by atoms with van der Waals surface area (Å²) < 4.78 is 12.3. The van der Waals surface area contributed by atoms with Crippen molar-refractivity contribution in [2.75, 3.05) is 0 Å². The highest BCUT2D eigenvalue weighted by Crippen LogP contribution is 2.33. The minimum absolute atomic E-state index is 0.0678. The fourth-order valence-electron chi connectivity index (χ4n) is 2.24. The van der Waals surface area contributed by atoms with E-state index < -0.39 is 0 Å². The molecule has 1 aliphatic rings. The molecule has 22 heavy (non-hydrogen) atoms. The van der Waals surface area contributed by atoms with E-state index in [0.29, 0.717) is 18.0 Å². The second kappa shape index (κ2) is 5.76. The summed E-state index contributed by atoms with van der Waals surface area (Å²) in [6.07, 6.45) is 1.08. The van der Waals surface area contributed by atoms with Gasteiger partial charge < -0.3 is 14.8 Å². The van der Waals surface area contributed by atoms with Crippen molar-refractivity contribution in [2.24, 2.45) is 0 Å². The number of nitrogens with one attached hydrogen (secondary N) is 1. The molecule has 118 valence electrons. The third-order valence-corrected chi connectivity index (χ3v) is 4.27. The zero-order valence-corrected chi connectivity index (χ0v) is 13.8. The standard InChI is InChI=1S/C16H20N2O3S/c1-16(2,3)18-14(19)20-10-8-11(9-10)21-15-17-12-6-4-5-7-13(12)22-15/h4-7,10-11H,8-9H2,1-3H3,(H,18,19). The number of thiazole rings is 1. The Morgan fingerprint density at radius 1 is 1.27 bits per heavy atom. The smallest absolute Gasteiger partial charge is 0.407 e. The van der Waals surface area contributed by atoms with Crippen LogP contribution in [0.1, 0.15) is 33.6 Å². The van der Waals surface area contributed by atoms with E-state index in [4.69, 9.17) is 9.47 Å². The summed E-state index contributed by atoms with van der Waals surface area (Å²) in [6.45, 7) is 5.77. The third-order valence-electron chi connectivity index (χ3n) is 3.34. The van der Waals surface area contributed by atoms with Crippen molar-refractivity contribution < 1.29 is 14.3 Å². The number of fused-ring (bicyclic) bond motifs is 1. The van der Waals surface area contributed by atoms with Gasteiger partial charge in [-0.1, -0.05) is 23.5 Å². The predicted molar refractivity (Wildman–Crippen MR) is 86.4 cm³/mol. The second-order valence-corrected chi connectivity index (χ2v) is 7.55. The number of aromatic nitrogens is 1. The number of carbonyl (C=O) groups is 1. The summed E-state index contributed by atoms with van der Waals surface area (Å²) in [5, 5.41) is 3.47. The minimum atomic E-state index is -0.365. The maximum absolute atomic E-state index is 11.7. The molecule has 3 rings (SSSR count). The molecule has 0 bridgehead atoms. The van der Waals surface area contributed by atoms with Crippen molar-refractivity contribution >= 4 is 27.6 Å². The molecule has 0 atom stereocenters. The Balaban J connectivity index is 1.46. The summed E-state index contributed by atoms with van der Waals surface area (Å²) >= 11 is 1.54. The molecule has 5 nitrogen and oxygen atoms in total. The number of para-hydroxylation sites is 1. The lowest BCUT2D eigenvalue weighted by Crippen LogP contribution is -2.46. The number of amides is 1. The Bertz CT molecular complexity index is 638. The molecule has 1 aromatic carbocycles. The average molecular weight is 320 g/mol. The number of benzene rings is 1. The van der Waals surface area contributed by atoms with Crippen LogP contribution in [0.4, 0.5) is 4.79 Å². The molecule has 1 N–H and O–H groups in total. The van der Waals surface area contributed by atoms with Crippen molar-refractivity contribution in [3.8, 4) is 5.19 Å². The highest BCUT2D eigenvalue weighted by molar-refractivity contribution is 7.20. The van der Waals surface area contributed by atoms with Gasteiger partial charge in [-0.15, -0.1) is 0 Å². The number of carbonyl (C=O) groups excluding carboxylic acids is 1. The van der Waals surface area contributed by atoms with Gasteiger partial charge in [0.15, 0.2) is 0 Å². The average Bonchev–Trinajstić information content (AvgIpc) is 2.76. The predicted octanol–water partition coefficient (Wildman–Crippen LogP) is 3.73. The highest BCUT2D eigenvalue weighted by atomic mass is 32.1. The van der Waals surface area contributed by atoms with Gasteiger partial charge in [-0.3, -0.25) is 0 Å². The Kier molecular flexibility index (Phi) is 3.95. The van der Waals surface area contributed by atoms with Crippen molar-refractivity contribution in [2.45, 2.75) is 51.4 Å². The van der Waals surface area contributed by atoms with Crippen LogP contribution in [0.2, 0.25) is 0 Å². The van der Waals surface area contributed by atoms with Gasteiger partial charge in [0.05, 0.1) is 10.2 Å². The molecule has 2 aromatic rings. The van der Waals surface area contributed by atoms with Gasteiger partial charge in [0.2, 0.25) is 0 Å². The first kappa shape index (κ1) is 15.1. The van der Waals surface area contributed by atoms with Crippen LogP contribution in [0.5, 0.6) is 5.19 Å². The van der Waals surface area contributed by atoms with Crippen LogP contribution in [-0.4, -0.2) is 28.8 Å². The molecule has 1 saturated carbocycles. The number of hydrogen-bond acceptors (Lipinski definition) is 5. The van der Waals surface area contributed by atoms with E-state index in [1.54, 1.807) is 11.3 Å². The molecule has 6 heteroatoms. The van der Waals surface area contributed by atoms with E-state index in [-0.39, 0.29) is 23.8 Å². The van der Waals surface area contributed by atoms with E-state index in [9.17, 15) is 4.79 Å². The molecular formula is C16H20N2O3S. The van der Waals surface area contributed by atoms with Crippen LogP contribution in [0.3, 0.4) is 0 Å². The topological polar surface area (TPSA) is 60.5 Å². The number of rotatable bonds is 3. The molecule has 1 aliphatic carbocycles. The molecule has 1 heterocycles. The normalized spacial score (nSPS) is 21.2. The van der Waals surface area contributed by atoms with Gasteiger partial charge in [0.25, 0.3) is 5.19 Å². The maximum Gasteiger partial charge on any atom is 0.407 e. The first-order valence-corrected chi connectivity index (χ1v) is 8.22.